The van der Waals surface area contributed by atoms with Gasteiger partial charge in [0.05, 0.1) is 6.10 Å². The molecule has 1 N–H and O–H groups in total. The number of nitrogens with one attached hydrogen (secondary N) is 1. The van der Waals surface area contributed by atoms with E-state index < -0.39 is 13.0 Å². The van der Waals surface area contributed by atoms with Gasteiger partial charge in [-0.15, -0.1) is 0 Å². The van der Waals surface area contributed by atoms with Gasteiger partial charge in [-0.05, 0) is 25.0 Å². The molecular weight excluding hydrogens is 254 g/mol. The van der Waals surface area contributed by atoms with Crippen molar-refractivity contribution in [2.45, 2.75) is 38.5 Å². The largest absolute Gasteiger partial charge is 0.472 e. The minimum atomic E-state index is -2.49. The maximum Gasteiger partial charge on any atom is 0.272 e. The van der Waals surface area contributed by atoms with E-state index in [1.54, 1.807) is 12.3 Å². The molecule has 106 valence electrons. The first kappa shape index (κ1) is 14.1. The van der Waals surface area contributed by atoms with E-state index in [1.165, 1.54) is 0 Å². The molecule has 0 bridgehead atoms. The molecule has 0 aromatic carbocycles. The van der Waals surface area contributed by atoms with Gasteiger partial charge in [-0.25, -0.2) is 13.8 Å². The second kappa shape index (κ2) is 6.77. The van der Waals surface area contributed by atoms with E-state index in [0.717, 1.165) is 18.6 Å². The first-order valence-corrected chi connectivity index (χ1v) is 6.36. The molecule has 0 spiro atoms. The second-order valence-corrected chi connectivity index (χ2v) is 4.56. The first-order chi connectivity index (χ1) is 9.15. The fourth-order valence-corrected chi connectivity index (χ4v) is 2.04. The van der Waals surface area contributed by atoms with Crippen LogP contribution in [0.5, 0.6) is 5.88 Å². The Morgan fingerprint density at radius 3 is 3.11 bits per heavy atom. The van der Waals surface area contributed by atoms with Crippen LogP contribution in [0, 0.1) is 0 Å². The van der Waals surface area contributed by atoms with Crippen molar-refractivity contribution in [3.63, 3.8) is 0 Å². The molecule has 1 aliphatic heterocycles. The smallest absolute Gasteiger partial charge is 0.272 e. The van der Waals surface area contributed by atoms with Crippen LogP contribution in [0.15, 0.2) is 18.3 Å². The van der Waals surface area contributed by atoms with Crippen LogP contribution in [0.2, 0.25) is 0 Å². The van der Waals surface area contributed by atoms with Gasteiger partial charge in [0.25, 0.3) is 6.43 Å². The van der Waals surface area contributed by atoms with E-state index in [0.29, 0.717) is 12.6 Å². The summed E-state index contributed by atoms with van der Waals surface area (Å²) in [6.45, 7) is 2.83. The number of rotatable bonds is 6. The molecule has 1 aromatic rings. The zero-order valence-electron chi connectivity index (χ0n) is 10.8. The number of aromatic nitrogens is 1. The Hall–Kier alpha value is -1.27. The molecule has 0 saturated carbocycles. The molecule has 4 nitrogen and oxygen atoms in total. The molecule has 1 aliphatic rings. The van der Waals surface area contributed by atoms with E-state index in [4.69, 9.17) is 9.47 Å². The van der Waals surface area contributed by atoms with Gasteiger partial charge in [0, 0.05) is 31.5 Å². The van der Waals surface area contributed by atoms with Crippen molar-refractivity contribution >= 4 is 0 Å². The first-order valence-electron chi connectivity index (χ1n) is 6.36. The number of hydrogen-bond acceptors (Lipinski definition) is 4. The Morgan fingerprint density at radius 2 is 2.42 bits per heavy atom. The summed E-state index contributed by atoms with van der Waals surface area (Å²) >= 11 is 0. The van der Waals surface area contributed by atoms with E-state index >= 15 is 0 Å². The van der Waals surface area contributed by atoms with Gasteiger partial charge in [0.2, 0.25) is 5.88 Å². The molecule has 6 heteroatoms. The van der Waals surface area contributed by atoms with Crippen LogP contribution in [0.4, 0.5) is 8.78 Å². The highest BCUT2D eigenvalue weighted by Crippen LogP contribution is 2.15. The lowest BCUT2D eigenvalue weighted by Gasteiger charge is -2.16. The number of alkyl halides is 2. The van der Waals surface area contributed by atoms with Gasteiger partial charge in [-0.1, -0.05) is 0 Å². The lowest BCUT2D eigenvalue weighted by atomic mass is 10.1. The van der Waals surface area contributed by atoms with Crippen molar-refractivity contribution in [1.29, 1.82) is 0 Å². The molecule has 0 radical (unpaired) electrons. The van der Waals surface area contributed by atoms with Gasteiger partial charge in [0.1, 0.15) is 0 Å². The predicted octanol–water partition coefficient (Wildman–Crippen LogP) is 1.99. The second-order valence-electron chi connectivity index (χ2n) is 4.56. The van der Waals surface area contributed by atoms with Crippen molar-refractivity contribution in [1.82, 2.24) is 10.3 Å². The standard InChI is InChI=1S/C13H18F2N2O2/c1-9-11(3-5-18-9)17-7-10-2-4-16-13(6-10)19-8-12(14)15/h2,4,6,9,11-12,17H,3,5,7-8H2,1H3/t9-,11+/m1/s1. The topological polar surface area (TPSA) is 43.4 Å². The molecule has 2 atom stereocenters. The van der Waals surface area contributed by atoms with Crippen LogP contribution in [-0.4, -0.2) is 36.8 Å². The Kier molecular flexibility index (Phi) is 5.04. The third-order valence-electron chi connectivity index (χ3n) is 3.10. The van der Waals surface area contributed by atoms with Gasteiger partial charge < -0.3 is 14.8 Å². The zero-order chi connectivity index (χ0) is 13.7. The summed E-state index contributed by atoms with van der Waals surface area (Å²) in [5, 5.41) is 3.38. The monoisotopic (exact) mass is 272 g/mol. The molecule has 0 unspecified atom stereocenters. The van der Waals surface area contributed by atoms with Gasteiger partial charge in [0.15, 0.2) is 6.61 Å². The van der Waals surface area contributed by atoms with E-state index in [9.17, 15) is 8.78 Å². The molecule has 2 rings (SSSR count). The molecule has 19 heavy (non-hydrogen) atoms. The van der Waals surface area contributed by atoms with Crippen LogP contribution in [0.1, 0.15) is 18.9 Å². The zero-order valence-corrected chi connectivity index (χ0v) is 10.8. The maximum absolute atomic E-state index is 12.0. The summed E-state index contributed by atoms with van der Waals surface area (Å²) in [5.41, 5.74) is 0.957. The van der Waals surface area contributed by atoms with E-state index in [2.05, 4.69) is 10.3 Å². The average molecular weight is 272 g/mol. The van der Waals surface area contributed by atoms with Gasteiger partial charge in [-0.3, -0.25) is 0 Å². The SMILES string of the molecule is C[C@H]1OCC[C@@H]1NCc1ccnc(OCC(F)F)c1. The third-order valence-corrected chi connectivity index (χ3v) is 3.10. The summed E-state index contributed by atoms with van der Waals surface area (Å²) in [4.78, 5) is 3.90. The Balaban J connectivity index is 1.84. The summed E-state index contributed by atoms with van der Waals surface area (Å²) < 4.78 is 34.4. The molecular formula is C13H18F2N2O2. The lowest BCUT2D eigenvalue weighted by molar-refractivity contribution is 0.0795. The predicted molar refractivity (Wildman–Crippen MR) is 66.4 cm³/mol. The van der Waals surface area contributed by atoms with Crippen LogP contribution in [0.25, 0.3) is 0 Å². The van der Waals surface area contributed by atoms with Crippen molar-refractivity contribution < 1.29 is 18.3 Å². The highest BCUT2D eigenvalue weighted by molar-refractivity contribution is 5.20. The molecule has 1 fully saturated rings. The number of pyridine rings is 1. The average Bonchev–Trinajstić information content (AvgIpc) is 2.80. The van der Waals surface area contributed by atoms with Crippen molar-refractivity contribution in [2.75, 3.05) is 13.2 Å². The fraction of sp³-hybridized carbons (Fsp3) is 0.615. The summed E-state index contributed by atoms with van der Waals surface area (Å²) in [7, 11) is 0. The van der Waals surface area contributed by atoms with Crippen LogP contribution < -0.4 is 10.1 Å². The quantitative estimate of drug-likeness (QED) is 0.860. The van der Waals surface area contributed by atoms with Gasteiger partial charge in [-0.2, -0.15) is 0 Å². The molecule has 2 heterocycles. The van der Waals surface area contributed by atoms with Crippen LogP contribution >= 0.6 is 0 Å². The van der Waals surface area contributed by atoms with E-state index in [-0.39, 0.29) is 12.0 Å². The minimum absolute atomic E-state index is 0.205. The van der Waals surface area contributed by atoms with Crippen LogP contribution in [-0.2, 0) is 11.3 Å². The Morgan fingerprint density at radius 1 is 1.58 bits per heavy atom. The number of ether oxygens (including phenoxy) is 2. The molecule has 0 amide bonds. The third kappa shape index (κ3) is 4.40. The van der Waals surface area contributed by atoms with E-state index in [1.807, 2.05) is 13.0 Å². The summed E-state index contributed by atoms with van der Waals surface area (Å²) in [6, 6.07) is 3.84. The highest BCUT2D eigenvalue weighted by Gasteiger charge is 2.23. The fourth-order valence-electron chi connectivity index (χ4n) is 2.04. The summed E-state index contributed by atoms with van der Waals surface area (Å²) in [5.74, 6) is 0.232. The number of nitrogens with zero attached hydrogens (tertiary/aromatic N) is 1. The molecule has 1 aromatic heterocycles. The van der Waals surface area contributed by atoms with Crippen molar-refractivity contribution in [2.24, 2.45) is 0 Å². The lowest BCUT2D eigenvalue weighted by Crippen LogP contribution is -2.34. The minimum Gasteiger partial charge on any atom is -0.472 e. The molecule has 0 aliphatic carbocycles. The van der Waals surface area contributed by atoms with Crippen molar-refractivity contribution in [3.05, 3.63) is 23.9 Å². The summed E-state index contributed by atoms with van der Waals surface area (Å²) in [6.07, 6.45) is 0.268. The Labute approximate surface area is 111 Å². The number of hydrogen-bond donors (Lipinski definition) is 1. The van der Waals surface area contributed by atoms with Crippen molar-refractivity contribution in [3.8, 4) is 5.88 Å². The molecule has 1 saturated heterocycles. The normalized spacial score (nSPS) is 22.9. The highest BCUT2D eigenvalue weighted by atomic mass is 19.3. The Bertz CT molecular complexity index is 404. The maximum atomic E-state index is 12.0. The van der Waals surface area contributed by atoms with Gasteiger partial charge >= 0.3 is 0 Å². The number of halogens is 2. The van der Waals surface area contributed by atoms with Crippen LogP contribution in [0.3, 0.4) is 0 Å².